The molecule has 1 aliphatic rings. The minimum Gasteiger partial charge on any atom is -0.490 e. The molecule has 2 amide bonds. The fourth-order valence-corrected chi connectivity index (χ4v) is 2.57. The van der Waals surface area contributed by atoms with Gasteiger partial charge >= 0.3 is 6.03 Å². The molecule has 0 saturated heterocycles. The predicted octanol–water partition coefficient (Wildman–Crippen LogP) is 1.89. The summed E-state index contributed by atoms with van der Waals surface area (Å²) in [4.78, 5) is 15.9. The third-order valence-corrected chi connectivity index (χ3v) is 3.94. The van der Waals surface area contributed by atoms with Crippen LogP contribution < -0.4 is 20.1 Å². The van der Waals surface area contributed by atoms with Gasteiger partial charge in [0.2, 0.25) is 0 Å². The lowest BCUT2D eigenvalue weighted by Gasteiger charge is -2.17. The van der Waals surface area contributed by atoms with Gasteiger partial charge in [-0.15, -0.1) is 0 Å². The first-order valence-electron chi connectivity index (χ1n) is 8.49. The zero-order valence-electron chi connectivity index (χ0n) is 14.3. The van der Waals surface area contributed by atoms with Gasteiger partial charge in [-0.25, -0.2) is 9.78 Å². The average Bonchev–Trinajstić information content (AvgIpc) is 3.01. The first kappa shape index (κ1) is 17.1. The summed E-state index contributed by atoms with van der Waals surface area (Å²) in [5, 5.41) is 9.80. The van der Waals surface area contributed by atoms with Crippen LogP contribution in [0.5, 0.6) is 11.5 Å². The van der Waals surface area contributed by atoms with Crippen LogP contribution in [0.4, 0.5) is 4.79 Å². The van der Waals surface area contributed by atoms with E-state index in [0.29, 0.717) is 19.8 Å². The summed E-state index contributed by atoms with van der Waals surface area (Å²) in [7, 11) is 0. The second-order valence-electron chi connectivity index (χ2n) is 5.89. The van der Waals surface area contributed by atoms with Gasteiger partial charge in [-0.1, -0.05) is 6.07 Å². The van der Waals surface area contributed by atoms with E-state index in [0.717, 1.165) is 36.4 Å². The molecule has 2 heterocycles. The van der Waals surface area contributed by atoms with E-state index < -0.39 is 0 Å². The van der Waals surface area contributed by atoms with Gasteiger partial charge in [0, 0.05) is 19.5 Å². The number of aromatic nitrogens is 3. The highest BCUT2D eigenvalue weighted by atomic mass is 16.5. The maximum absolute atomic E-state index is 12.0. The normalized spacial score (nSPS) is 14.4. The van der Waals surface area contributed by atoms with Crippen molar-refractivity contribution in [2.45, 2.75) is 32.4 Å². The van der Waals surface area contributed by atoms with Crippen LogP contribution >= 0.6 is 0 Å². The third-order valence-electron chi connectivity index (χ3n) is 3.94. The minimum atomic E-state index is -0.196. The number of amides is 2. The maximum Gasteiger partial charge on any atom is 0.315 e. The summed E-state index contributed by atoms with van der Waals surface area (Å²) < 4.78 is 13.1. The molecule has 2 N–H and O–H groups in total. The van der Waals surface area contributed by atoms with Gasteiger partial charge in [-0.05, 0) is 31.0 Å². The zero-order chi connectivity index (χ0) is 17.5. The Hall–Kier alpha value is -2.77. The molecule has 134 valence electrons. The summed E-state index contributed by atoms with van der Waals surface area (Å²) in [6.45, 7) is 4.54. The van der Waals surface area contributed by atoms with Crippen molar-refractivity contribution in [1.82, 2.24) is 25.4 Å². The Balaban J connectivity index is 1.45. The second-order valence-corrected chi connectivity index (χ2v) is 5.89. The number of rotatable bonds is 6. The molecule has 1 aromatic carbocycles. The van der Waals surface area contributed by atoms with Gasteiger partial charge in [0.05, 0.1) is 19.3 Å². The highest BCUT2D eigenvalue weighted by Gasteiger charge is 2.15. The summed E-state index contributed by atoms with van der Waals surface area (Å²) >= 11 is 0. The molecular formula is C17H23N5O3. The van der Waals surface area contributed by atoms with Crippen LogP contribution in [0.1, 0.15) is 31.4 Å². The fourth-order valence-electron chi connectivity index (χ4n) is 2.57. The molecule has 0 aliphatic carbocycles. The zero-order valence-corrected chi connectivity index (χ0v) is 14.3. The number of benzene rings is 1. The molecule has 1 atom stereocenters. The molecule has 1 aliphatic heterocycles. The van der Waals surface area contributed by atoms with Crippen LogP contribution in [0, 0.1) is 0 Å². The summed E-state index contributed by atoms with van der Waals surface area (Å²) in [5.74, 6) is 1.49. The largest absolute Gasteiger partial charge is 0.490 e. The first-order valence-corrected chi connectivity index (χ1v) is 8.49. The number of hydrogen-bond donors (Lipinski definition) is 2. The van der Waals surface area contributed by atoms with E-state index in [1.807, 2.05) is 25.1 Å². The molecule has 1 aromatic heterocycles. The van der Waals surface area contributed by atoms with Crippen LogP contribution in [-0.4, -0.2) is 40.6 Å². The predicted molar refractivity (Wildman–Crippen MR) is 91.6 cm³/mol. The Morgan fingerprint density at radius 1 is 1.32 bits per heavy atom. The van der Waals surface area contributed by atoms with Gasteiger partial charge in [0.1, 0.15) is 12.7 Å². The second kappa shape index (κ2) is 8.36. The molecular weight excluding hydrogens is 322 g/mol. The van der Waals surface area contributed by atoms with E-state index in [4.69, 9.17) is 9.47 Å². The topological polar surface area (TPSA) is 90.3 Å². The molecule has 0 fully saturated rings. The quantitative estimate of drug-likeness (QED) is 0.780. The van der Waals surface area contributed by atoms with Crippen LogP contribution in [0.15, 0.2) is 30.9 Å². The molecule has 0 spiro atoms. The van der Waals surface area contributed by atoms with Crippen molar-refractivity contribution in [3.8, 4) is 11.5 Å². The number of urea groups is 1. The summed E-state index contributed by atoms with van der Waals surface area (Å²) in [6, 6.07) is 5.44. The monoisotopic (exact) mass is 345 g/mol. The van der Waals surface area contributed by atoms with Crippen molar-refractivity contribution in [1.29, 1.82) is 0 Å². The van der Waals surface area contributed by atoms with E-state index in [-0.39, 0.29) is 12.1 Å². The van der Waals surface area contributed by atoms with Gasteiger partial charge in [0.25, 0.3) is 0 Å². The van der Waals surface area contributed by atoms with Crippen LogP contribution in [0.25, 0.3) is 0 Å². The molecule has 8 nitrogen and oxygen atoms in total. The molecule has 0 radical (unpaired) electrons. The molecule has 0 bridgehead atoms. The number of nitrogens with zero attached hydrogens (tertiary/aromatic N) is 3. The van der Waals surface area contributed by atoms with Crippen molar-refractivity contribution in [2.24, 2.45) is 0 Å². The molecule has 0 saturated carbocycles. The molecule has 3 rings (SSSR count). The fraction of sp³-hybridized carbons (Fsp3) is 0.471. The van der Waals surface area contributed by atoms with E-state index in [1.165, 1.54) is 6.33 Å². The minimum absolute atomic E-state index is 0.132. The number of carbonyl (C=O) groups excluding carboxylic acids is 1. The number of nitrogens with one attached hydrogen (secondary N) is 2. The Morgan fingerprint density at radius 2 is 2.16 bits per heavy atom. The van der Waals surface area contributed by atoms with E-state index in [1.54, 1.807) is 11.0 Å². The lowest BCUT2D eigenvalue weighted by molar-refractivity contribution is 0.237. The van der Waals surface area contributed by atoms with Gasteiger partial charge in [-0.3, -0.25) is 4.68 Å². The van der Waals surface area contributed by atoms with Gasteiger partial charge < -0.3 is 20.1 Å². The van der Waals surface area contributed by atoms with Crippen molar-refractivity contribution in [3.05, 3.63) is 36.4 Å². The molecule has 0 unspecified atom stereocenters. The Bertz CT molecular complexity index is 690. The van der Waals surface area contributed by atoms with Crippen LogP contribution in [0.3, 0.4) is 0 Å². The van der Waals surface area contributed by atoms with Crippen LogP contribution in [-0.2, 0) is 6.54 Å². The Labute approximate surface area is 146 Å². The number of aryl methyl sites for hydroxylation is 1. The number of hydrogen-bond acceptors (Lipinski definition) is 5. The highest BCUT2D eigenvalue weighted by Crippen LogP contribution is 2.32. The third kappa shape index (κ3) is 4.85. The number of fused-ring (bicyclic) bond motifs is 1. The number of ether oxygens (including phenoxy) is 2. The average molecular weight is 345 g/mol. The molecule has 2 aromatic rings. The van der Waals surface area contributed by atoms with E-state index in [9.17, 15) is 4.79 Å². The molecule has 8 heteroatoms. The van der Waals surface area contributed by atoms with E-state index >= 15 is 0 Å². The summed E-state index contributed by atoms with van der Waals surface area (Å²) in [5.41, 5.74) is 0.974. The van der Waals surface area contributed by atoms with Gasteiger partial charge in [0.15, 0.2) is 11.5 Å². The smallest absolute Gasteiger partial charge is 0.315 e. The molecule has 25 heavy (non-hydrogen) atoms. The lowest BCUT2D eigenvalue weighted by atomic mass is 10.1. The SMILES string of the molecule is C[C@H](NC(=O)NCCCn1cncn1)c1ccc2c(c1)OCCCO2. The highest BCUT2D eigenvalue weighted by molar-refractivity contribution is 5.74. The summed E-state index contributed by atoms with van der Waals surface area (Å²) in [6.07, 6.45) is 4.81. The van der Waals surface area contributed by atoms with Crippen molar-refractivity contribution in [2.75, 3.05) is 19.8 Å². The van der Waals surface area contributed by atoms with E-state index in [2.05, 4.69) is 20.7 Å². The maximum atomic E-state index is 12.0. The van der Waals surface area contributed by atoms with Crippen molar-refractivity contribution >= 4 is 6.03 Å². The lowest BCUT2D eigenvalue weighted by Crippen LogP contribution is -2.37. The first-order chi connectivity index (χ1) is 12.2. The Morgan fingerprint density at radius 3 is 2.96 bits per heavy atom. The van der Waals surface area contributed by atoms with Crippen molar-refractivity contribution < 1.29 is 14.3 Å². The van der Waals surface area contributed by atoms with Gasteiger partial charge in [-0.2, -0.15) is 5.10 Å². The van der Waals surface area contributed by atoms with Crippen molar-refractivity contribution in [3.63, 3.8) is 0 Å². The standard InChI is InChI=1S/C17H23N5O3/c1-13(14-4-5-15-16(10-14)25-9-3-8-24-15)21-17(23)19-6-2-7-22-12-18-11-20-22/h4-5,10-13H,2-3,6-9H2,1H3,(H2,19,21,23)/t13-/m0/s1. The number of carbonyl (C=O) groups is 1. The Kier molecular flexibility index (Phi) is 5.71. The van der Waals surface area contributed by atoms with Crippen LogP contribution in [0.2, 0.25) is 0 Å².